The molecule has 2 fully saturated rings. The maximum atomic E-state index is 4.53. The van der Waals surface area contributed by atoms with Crippen LogP contribution in [-0.4, -0.2) is 36.1 Å². The van der Waals surface area contributed by atoms with E-state index >= 15 is 0 Å². The molecule has 82 valence electrons. The average Bonchev–Trinajstić information content (AvgIpc) is 2.81. The lowest BCUT2D eigenvalue weighted by molar-refractivity contribution is 0.305. The number of thiazole rings is 1. The highest BCUT2D eigenvalue weighted by molar-refractivity contribution is 7.09. The molecule has 0 aromatic carbocycles. The lowest BCUT2D eigenvalue weighted by atomic mass is 10.0. The van der Waals surface area contributed by atoms with Gasteiger partial charge in [0.05, 0.1) is 6.54 Å². The van der Waals surface area contributed by atoms with Crippen LogP contribution in [0.15, 0.2) is 5.38 Å². The zero-order valence-corrected chi connectivity index (χ0v) is 9.89. The monoisotopic (exact) mass is 223 g/mol. The van der Waals surface area contributed by atoms with Gasteiger partial charge in [0, 0.05) is 24.2 Å². The number of rotatable bonds is 2. The Balaban J connectivity index is 1.61. The van der Waals surface area contributed by atoms with Gasteiger partial charge in [0.1, 0.15) is 5.01 Å². The molecule has 0 aliphatic carbocycles. The Morgan fingerprint density at radius 3 is 2.80 bits per heavy atom. The molecule has 1 aromatic rings. The summed E-state index contributed by atoms with van der Waals surface area (Å²) in [6.45, 7) is 8.09. The van der Waals surface area contributed by atoms with Crippen molar-refractivity contribution in [2.24, 2.45) is 11.8 Å². The number of aromatic nitrogens is 1. The van der Waals surface area contributed by atoms with Crippen molar-refractivity contribution in [1.29, 1.82) is 0 Å². The quantitative estimate of drug-likeness (QED) is 0.814. The second-order valence-corrected chi connectivity index (χ2v) is 5.70. The van der Waals surface area contributed by atoms with Gasteiger partial charge in [-0.05, 0) is 31.8 Å². The van der Waals surface area contributed by atoms with Crippen LogP contribution in [0.2, 0.25) is 0 Å². The lowest BCUT2D eigenvalue weighted by Crippen LogP contribution is -2.25. The molecule has 2 saturated heterocycles. The van der Waals surface area contributed by atoms with Gasteiger partial charge in [-0.25, -0.2) is 4.98 Å². The van der Waals surface area contributed by atoms with E-state index in [1.165, 1.54) is 31.2 Å². The van der Waals surface area contributed by atoms with E-state index in [4.69, 9.17) is 0 Å². The third-order valence-corrected chi connectivity index (χ3v) is 4.44. The SMILES string of the molecule is Cc1csc(CN2CC3CNCC3C2)n1. The second kappa shape index (κ2) is 3.85. The Hall–Kier alpha value is -0.450. The molecular formula is C11H17N3S. The van der Waals surface area contributed by atoms with Crippen molar-refractivity contribution in [1.82, 2.24) is 15.2 Å². The van der Waals surface area contributed by atoms with Crippen molar-refractivity contribution in [3.8, 4) is 0 Å². The summed E-state index contributed by atoms with van der Waals surface area (Å²) in [5, 5.41) is 6.90. The maximum Gasteiger partial charge on any atom is 0.107 e. The zero-order valence-electron chi connectivity index (χ0n) is 9.07. The topological polar surface area (TPSA) is 28.2 Å². The number of likely N-dealkylation sites (tertiary alicyclic amines) is 1. The molecule has 0 bridgehead atoms. The van der Waals surface area contributed by atoms with Crippen molar-refractivity contribution in [3.63, 3.8) is 0 Å². The Morgan fingerprint density at radius 2 is 2.20 bits per heavy atom. The predicted molar refractivity (Wildman–Crippen MR) is 62.0 cm³/mol. The number of hydrogen-bond donors (Lipinski definition) is 1. The van der Waals surface area contributed by atoms with Crippen molar-refractivity contribution in [2.45, 2.75) is 13.5 Å². The van der Waals surface area contributed by atoms with Crippen LogP contribution in [0.3, 0.4) is 0 Å². The second-order valence-electron chi connectivity index (χ2n) is 4.76. The molecule has 3 nitrogen and oxygen atoms in total. The predicted octanol–water partition coefficient (Wildman–Crippen LogP) is 1.10. The fourth-order valence-electron chi connectivity index (χ4n) is 2.75. The molecule has 0 radical (unpaired) electrons. The first-order valence-corrected chi connectivity index (χ1v) is 6.53. The van der Waals surface area contributed by atoms with Crippen molar-refractivity contribution >= 4 is 11.3 Å². The number of nitrogens with one attached hydrogen (secondary N) is 1. The van der Waals surface area contributed by atoms with Crippen molar-refractivity contribution in [2.75, 3.05) is 26.2 Å². The molecule has 0 amide bonds. The summed E-state index contributed by atoms with van der Waals surface area (Å²) in [5.74, 6) is 1.79. The van der Waals surface area contributed by atoms with E-state index in [-0.39, 0.29) is 0 Å². The molecule has 2 aliphatic rings. The smallest absolute Gasteiger partial charge is 0.107 e. The van der Waals surface area contributed by atoms with Gasteiger partial charge in [0.2, 0.25) is 0 Å². The third-order valence-electron chi connectivity index (χ3n) is 3.49. The summed E-state index contributed by atoms with van der Waals surface area (Å²) in [6.07, 6.45) is 0. The highest BCUT2D eigenvalue weighted by Crippen LogP contribution is 2.27. The van der Waals surface area contributed by atoms with E-state index in [1.54, 1.807) is 11.3 Å². The van der Waals surface area contributed by atoms with E-state index in [9.17, 15) is 0 Å². The molecule has 0 saturated carbocycles. The molecule has 2 aliphatic heterocycles. The maximum absolute atomic E-state index is 4.53. The standard InChI is InChI=1S/C11H17N3S/c1-8-7-15-11(13-8)6-14-4-9-2-12-3-10(9)5-14/h7,9-10,12H,2-6H2,1H3. The highest BCUT2D eigenvalue weighted by Gasteiger charge is 2.35. The molecule has 3 rings (SSSR count). The van der Waals surface area contributed by atoms with Gasteiger partial charge in [0.25, 0.3) is 0 Å². The minimum absolute atomic E-state index is 0.894. The number of fused-ring (bicyclic) bond motifs is 1. The van der Waals surface area contributed by atoms with Crippen molar-refractivity contribution < 1.29 is 0 Å². The van der Waals surface area contributed by atoms with Crippen LogP contribution in [0.4, 0.5) is 0 Å². The molecule has 2 atom stereocenters. The van der Waals surface area contributed by atoms with Gasteiger partial charge >= 0.3 is 0 Å². The number of hydrogen-bond acceptors (Lipinski definition) is 4. The van der Waals surface area contributed by atoms with E-state index < -0.39 is 0 Å². The van der Waals surface area contributed by atoms with Crippen molar-refractivity contribution in [3.05, 3.63) is 16.1 Å². The molecule has 3 heterocycles. The van der Waals surface area contributed by atoms with Crippen LogP contribution in [0.25, 0.3) is 0 Å². The van der Waals surface area contributed by atoms with Crippen LogP contribution >= 0.6 is 11.3 Å². The van der Waals surface area contributed by atoms with Gasteiger partial charge in [-0.3, -0.25) is 4.90 Å². The largest absolute Gasteiger partial charge is 0.316 e. The van der Waals surface area contributed by atoms with E-state index in [2.05, 4.69) is 27.5 Å². The molecule has 4 heteroatoms. The number of aryl methyl sites for hydroxylation is 1. The van der Waals surface area contributed by atoms with E-state index in [0.29, 0.717) is 0 Å². The first kappa shape index (κ1) is 9.75. The van der Waals surface area contributed by atoms with Crippen LogP contribution in [-0.2, 0) is 6.54 Å². The van der Waals surface area contributed by atoms with Gasteiger partial charge in [-0.15, -0.1) is 11.3 Å². The minimum Gasteiger partial charge on any atom is -0.316 e. The first-order chi connectivity index (χ1) is 7.31. The Kier molecular flexibility index (Phi) is 2.50. The Labute approximate surface area is 94.5 Å². The van der Waals surface area contributed by atoms with Crippen LogP contribution in [0.5, 0.6) is 0 Å². The van der Waals surface area contributed by atoms with Crippen LogP contribution in [0.1, 0.15) is 10.7 Å². The first-order valence-electron chi connectivity index (χ1n) is 5.65. The minimum atomic E-state index is 0.894. The summed E-state index contributed by atoms with van der Waals surface area (Å²) in [7, 11) is 0. The highest BCUT2D eigenvalue weighted by atomic mass is 32.1. The fourth-order valence-corrected chi connectivity index (χ4v) is 3.56. The Morgan fingerprint density at radius 1 is 1.47 bits per heavy atom. The molecule has 0 spiro atoms. The summed E-state index contributed by atoms with van der Waals surface area (Å²) < 4.78 is 0. The summed E-state index contributed by atoms with van der Waals surface area (Å²) in [6, 6.07) is 0. The summed E-state index contributed by atoms with van der Waals surface area (Å²) in [5.41, 5.74) is 1.16. The van der Waals surface area contributed by atoms with Gasteiger partial charge < -0.3 is 5.32 Å². The summed E-state index contributed by atoms with van der Waals surface area (Å²) >= 11 is 1.80. The van der Waals surface area contributed by atoms with Gasteiger partial charge in [0.15, 0.2) is 0 Å². The van der Waals surface area contributed by atoms with Gasteiger partial charge in [-0.2, -0.15) is 0 Å². The number of nitrogens with zero attached hydrogens (tertiary/aromatic N) is 2. The third kappa shape index (κ3) is 1.94. The lowest BCUT2D eigenvalue weighted by Gasteiger charge is -2.14. The van der Waals surface area contributed by atoms with Crippen LogP contribution in [0, 0.1) is 18.8 Å². The van der Waals surface area contributed by atoms with Gasteiger partial charge in [-0.1, -0.05) is 0 Å². The van der Waals surface area contributed by atoms with E-state index in [1.807, 2.05) is 0 Å². The molecule has 1 aromatic heterocycles. The van der Waals surface area contributed by atoms with Crippen LogP contribution < -0.4 is 5.32 Å². The average molecular weight is 223 g/mol. The molecule has 1 N–H and O–H groups in total. The molecule has 15 heavy (non-hydrogen) atoms. The summed E-state index contributed by atoms with van der Waals surface area (Å²) in [4.78, 5) is 7.09. The normalized spacial score (nSPS) is 31.0. The molecular weight excluding hydrogens is 206 g/mol. The fraction of sp³-hybridized carbons (Fsp3) is 0.727. The van der Waals surface area contributed by atoms with E-state index in [0.717, 1.165) is 24.1 Å². The molecule has 2 unspecified atom stereocenters. The Bertz CT molecular complexity index is 337. The zero-order chi connectivity index (χ0) is 10.3.